The molecule has 0 bridgehead atoms. The molecular weight excluding hydrogens is 347 g/mol. The van der Waals surface area contributed by atoms with Crippen molar-refractivity contribution in [3.05, 3.63) is 47.5 Å². The number of hydrogen-bond acceptors (Lipinski definition) is 5. The average molecular weight is 364 g/mol. The number of hydrogen-bond donors (Lipinski definition) is 0. The number of thiophene rings is 1. The molecule has 0 radical (unpaired) electrons. The van der Waals surface area contributed by atoms with E-state index in [0.717, 1.165) is 40.4 Å². The van der Waals surface area contributed by atoms with Gasteiger partial charge in [0.05, 0.1) is 18.8 Å². The highest BCUT2D eigenvalue weighted by atomic mass is 32.1. The van der Waals surface area contributed by atoms with E-state index in [1.54, 1.807) is 11.3 Å². The van der Waals surface area contributed by atoms with Crippen LogP contribution in [0.3, 0.4) is 0 Å². The van der Waals surface area contributed by atoms with Gasteiger partial charge in [-0.3, -0.25) is 4.99 Å². The van der Waals surface area contributed by atoms with Crippen LogP contribution in [0.15, 0.2) is 47.6 Å². The smallest absolute Gasteiger partial charge is 0.128 e. The third-order valence-electron chi connectivity index (χ3n) is 4.81. The van der Waals surface area contributed by atoms with E-state index in [0.29, 0.717) is 13.0 Å². The van der Waals surface area contributed by atoms with Crippen molar-refractivity contribution in [3.8, 4) is 11.3 Å². The molecule has 0 unspecified atom stereocenters. The van der Waals surface area contributed by atoms with Crippen LogP contribution in [-0.2, 0) is 0 Å². The summed E-state index contributed by atoms with van der Waals surface area (Å²) in [5.41, 5.74) is 3.06. The van der Waals surface area contributed by atoms with Crippen molar-refractivity contribution >= 4 is 39.2 Å². The van der Waals surface area contributed by atoms with E-state index in [2.05, 4.69) is 28.2 Å². The quantitative estimate of drug-likeness (QED) is 0.693. The molecule has 5 heterocycles. The van der Waals surface area contributed by atoms with E-state index in [-0.39, 0.29) is 0 Å². The van der Waals surface area contributed by atoms with Gasteiger partial charge in [0.2, 0.25) is 0 Å². The molecule has 4 nitrogen and oxygen atoms in total. The Morgan fingerprint density at radius 1 is 1.19 bits per heavy atom. The van der Waals surface area contributed by atoms with Crippen molar-refractivity contribution in [1.82, 2.24) is 9.97 Å². The third-order valence-corrected chi connectivity index (χ3v) is 5.91. The zero-order chi connectivity index (χ0) is 17.5. The van der Waals surface area contributed by atoms with Crippen LogP contribution >= 0.6 is 11.3 Å². The zero-order valence-electron chi connectivity index (χ0n) is 14.1. The lowest BCUT2D eigenvalue weighted by molar-refractivity contribution is 0.364. The molecule has 1 saturated heterocycles. The summed E-state index contributed by atoms with van der Waals surface area (Å²) in [6.45, 7) is 1.93. The minimum Gasteiger partial charge on any atom is -0.354 e. The lowest BCUT2D eigenvalue weighted by Crippen LogP contribution is -2.20. The molecule has 1 atom stereocenters. The summed E-state index contributed by atoms with van der Waals surface area (Å²) in [6, 6.07) is 10.3. The lowest BCUT2D eigenvalue weighted by atomic mass is 10.1. The maximum atomic E-state index is 13.4. The van der Waals surface area contributed by atoms with Gasteiger partial charge in [0.1, 0.15) is 16.8 Å². The Morgan fingerprint density at radius 3 is 2.88 bits per heavy atom. The molecule has 0 N–H and O–H groups in total. The number of fused-ring (bicyclic) bond motifs is 1. The van der Waals surface area contributed by atoms with E-state index in [9.17, 15) is 4.39 Å². The summed E-state index contributed by atoms with van der Waals surface area (Å²) in [5.74, 6) is 0.834. The second kappa shape index (κ2) is 6.29. The van der Waals surface area contributed by atoms with Crippen molar-refractivity contribution in [3.63, 3.8) is 0 Å². The number of allylic oxidation sites excluding steroid dienone is 1. The monoisotopic (exact) mass is 364 g/mol. The number of halogens is 1. The van der Waals surface area contributed by atoms with Gasteiger partial charge in [-0.25, -0.2) is 14.4 Å². The maximum absolute atomic E-state index is 13.4. The molecular formula is C20H17FN4S. The van der Waals surface area contributed by atoms with Gasteiger partial charge >= 0.3 is 0 Å². The fourth-order valence-electron chi connectivity index (χ4n) is 3.39. The number of alkyl halides is 1. The van der Waals surface area contributed by atoms with Gasteiger partial charge in [-0.15, -0.1) is 11.3 Å². The Labute approximate surface area is 154 Å². The summed E-state index contributed by atoms with van der Waals surface area (Å²) < 4.78 is 13.4. The molecule has 1 fully saturated rings. The van der Waals surface area contributed by atoms with Gasteiger partial charge in [-0.2, -0.15) is 0 Å². The molecule has 3 aromatic rings. The second-order valence-electron chi connectivity index (χ2n) is 6.59. The van der Waals surface area contributed by atoms with Crippen LogP contribution in [0.4, 0.5) is 10.2 Å². The van der Waals surface area contributed by atoms with Crippen molar-refractivity contribution in [2.45, 2.75) is 12.6 Å². The first-order valence-corrected chi connectivity index (χ1v) is 9.54. The number of anilines is 1. The summed E-state index contributed by atoms with van der Waals surface area (Å²) in [6.07, 6.45) is 5.73. The fourth-order valence-corrected chi connectivity index (χ4v) is 4.43. The van der Waals surface area contributed by atoms with Crippen molar-refractivity contribution in [1.29, 1.82) is 0 Å². The Kier molecular flexibility index (Phi) is 3.78. The van der Waals surface area contributed by atoms with Crippen LogP contribution in [0.5, 0.6) is 0 Å². The van der Waals surface area contributed by atoms with Crippen molar-refractivity contribution in [2.24, 2.45) is 4.99 Å². The summed E-state index contributed by atoms with van der Waals surface area (Å²) in [5, 5.41) is 1.14. The Balaban J connectivity index is 1.44. The van der Waals surface area contributed by atoms with Crippen molar-refractivity contribution in [2.75, 3.05) is 24.5 Å². The number of rotatable bonds is 3. The molecule has 0 saturated carbocycles. The van der Waals surface area contributed by atoms with Crippen LogP contribution < -0.4 is 4.90 Å². The fraction of sp³-hybridized carbons (Fsp3) is 0.250. The molecule has 0 amide bonds. The maximum Gasteiger partial charge on any atom is 0.128 e. The predicted molar refractivity (Wildman–Crippen MR) is 106 cm³/mol. The average Bonchev–Trinajstić information content (AvgIpc) is 3.41. The number of aliphatic imine (C=N–C) groups is 1. The minimum absolute atomic E-state index is 0.438. The van der Waals surface area contributed by atoms with Gasteiger partial charge in [-0.1, -0.05) is 6.08 Å². The summed E-state index contributed by atoms with van der Waals surface area (Å²) in [4.78, 5) is 17.8. The molecule has 5 rings (SSSR count). The topological polar surface area (TPSA) is 41.4 Å². The van der Waals surface area contributed by atoms with Gasteiger partial charge in [0.15, 0.2) is 0 Å². The number of pyridine rings is 2. The molecule has 130 valence electrons. The standard InChI is InChI=1S/C20H17FN4S/c21-16-6-8-25(12-16)19-4-2-14(11-23-19)17-3-1-13-9-18(26-20(13)24-17)15-5-7-22-10-15/h1-5,9-11,16H,6-8,12H2/t16-/m1/s1. The van der Waals surface area contributed by atoms with Gasteiger partial charge < -0.3 is 4.90 Å². The SMILES string of the molecule is F[C@@H]1CCN(c2ccc(-c3ccc4cc(C5=CCN=C5)sc4n3)cn2)C1. The molecule has 2 aliphatic heterocycles. The molecule has 0 spiro atoms. The van der Waals surface area contributed by atoms with E-state index in [1.165, 1.54) is 10.5 Å². The normalized spacial score (nSPS) is 19.5. The Morgan fingerprint density at radius 2 is 2.15 bits per heavy atom. The minimum atomic E-state index is -0.742. The Hall–Kier alpha value is -2.60. The van der Waals surface area contributed by atoms with Crippen LogP contribution in [0.1, 0.15) is 11.3 Å². The number of aromatic nitrogens is 2. The first-order valence-electron chi connectivity index (χ1n) is 8.73. The predicted octanol–water partition coefficient (Wildman–Crippen LogP) is 4.37. The van der Waals surface area contributed by atoms with Gasteiger partial charge in [0.25, 0.3) is 0 Å². The summed E-state index contributed by atoms with van der Waals surface area (Å²) in [7, 11) is 0. The van der Waals surface area contributed by atoms with Crippen LogP contribution in [0.2, 0.25) is 0 Å². The van der Waals surface area contributed by atoms with Gasteiger partial charge in [-0.05, 0) is 36.8 Å². The molecule has 6 heteroatoms. The molecule has 0 aliphatic carbocycles. The molecule has 3 aromatic heterocycles. The zero-order valence-corrected chi connectivity index (χ0v) is 14.9. The van der Waals surface area contributed by atoms with E-state index in [4.69, 9.17) is 4.98 Å². The largest absolute Gasteiger partial charge is 0.354 e. The van der Waals surface area contributed by atoms with Crippen LogP contribution in [0.25, 0.3) is 27.0 Å². The lowest BCUT2D eigenvalue weighted by Gasteiger charge is -2.16. The van der Waals surface area contributed by atoms with Crippen molar-refractivity contribution < 1.29 is 4.39 Å². The molecule has 0 aromatic carbocycles. The second-order valence-corrected chi connectivity index (χ2v) is 7.62. The molecule has 2 aliphatic rings. The van der Waals surface area contributed by atoms with E-state index < -0.39 is 6.17 Å². The third kappa shape index (κ3) is 2.80. The van der Waals surface area contributed by atoms with Crippen LogP contribution in [0, 0.1) is 0 Å². The Bertz CT molecular complexity index is 1020. The van der Waals surface area contributed by atoms with Gasteiger partial charge in [0, 0.05) is 40.4 Å². The summed E-state index contributed by atoms with van der Waals surface area (Å²) >= 11 is 1.69. The highest BCUT2D eigenvalue weighted by Crippen LogP contribution is 2.32. The van der Waals surface area contributed by atoms with E-state index in [1.807, 2.05) is 35.5 Å². The number of nitrogens with zero attached hydrogens (tertiary/aromatic N) is 4. The first-order chi connectivity index (χ1) is 12.8. The first kappa shape index (κ1) is 15.6. The van der Waals surface area contributed by atoms with E-state index >= 15 is 0 Å². The highest BCUT2D eigenvalue weighted by molar-refractivity contribution is 7.19. The molecule has 26 heavy (non-hydrogen) atoms. The van der Waals surface area contributed by atoms with Crippen LogP contribution in [-0.4, -0.2) is 42.0 Å². The highest BCUT2D eigenvalue weighted by Gasteiger charge is 2.22.